The van der Waals surface area contributed by atoms with Crippen LogP contribution in [0.4, 0.5) is 0 Å². The van der Waals surface area contributed by atoms with Gasteiger partial charge >= 0.3 is 5.97 Å². The number of carboxylic acids is 1. The topological polar surface area (TPSA) is 55.1 Å². The van der Waals surface area contributed by atoms with Gasteiger partial charge in [0.1, 0.15) is 5.82 Å². The normalized spacial score (nSPS) is 10.9. The highest BCUT2D eigenvalue weighted by atomic mass is 16.4. The van der Waals surface area contributed by atoms with Crippen LogP contribution in [0.3, 0.4) is 0 Å². The fourth-order valence-corrected chi connectivity index (χ4v) is 3.63. The summed E-state index contributed by atoms with van der Waals surface area (Å²) < 4.78 is 2.28. The molecule has 0 saturated heterocycles. The standard InChI is InChI=1S/C25H30N2O2/c1-20-15-17-22(18-16-20)27-23(21-11-7-6-8-12-21)19-26-24(27)13-9-4-2-3-5-10-14-25(28)29/h6-8,11-12,15-19H,2-5,9-10,13-14H2,1H3,(H,28,29). The van der Waals surface area contributed by atoms with Gasteiger partial charge in [0.15, 0.2) is 0 Å². The lowest BCUT2D eigenvalue weighted by atomic mass is 10.1. The van der Waals surface area contributed by atoms with Crippen molar-refractivity contribution in [1.29, 1.82) is 0 Å². The molecule has 0 amide bonds. The van der Waals surface area contributed by atoms with Crippen molar-refractivity contribution in [2.45, 2.75) is 58.3 Å². The van der Waals surface area contributed by atoms with Crippen LogP contribution in [0.25, 0.3) is 16.9 Å². The number of carbonyl (C=O) groups is 1. The Bertz CT molecular complexity index is 898. The Hall–Kier alpha value is -2.88. The first kappa shape index (κ1) is 20.8. The largest absolute Gasteiger partial charge is 0.481 e. The van der Waals surface area contributed by atoms with Crippen LogP contribution < -0.4 is 0 Å². The molecular formula is C25H30N2O2. The number of benzene rings is 2. The highest BCUT2D eigenvalue weighted by Gasteiger charge is 2.13. The molecular weight excluding hydrogens is 360 g/mol. The third-order valence-corrected chi connectivity index (χ3v) is 5.24. The quantitative estimate of drug-likeness (QED) is 0.396. The van der Waals surface area contributed by atoms with Crippen LogP contribution in [0, 0.1) is 6.92 Å². The molecule has 0 radical (unpaired) electrons. The summed E-state index contributed by atoms with van der Waals surface area (Å²) in [7, 11) is 0. The lowest BCUT2D eigenvalue weighted by Gasteiger charge is -2.13. The van der Waals surface area contributed by atoms with E-state index in [9.17, 15) is 4.79 Å². The number of unbranched alkanes of at least 4 members (excludes halogenated alkanes) is 5. The van der Waals surface area contributed by atoms with Crippen LogP contribution in [-0.2, 0) is 11.2 Å². The Balaban J connectivity index is 1.65. The zero-order valence-electron chi connectivity index (χ0n) is 17.2. The van der Waals surface area contributed by atoms with Crippen molar-refractivity contribution in [3.05, 3.63) is 72.2 Å². The molecule has 0 atom stereocenters. The number of aryl methyl sites for hydroxylation is 2. The van der Waals surface area contributed by atoms with Gasteiger partial charge in [-0.15, -0.1) is 0 Å². The SMILES string of the molecule is Cc1ccc(-n2c(-c3ccccc3)cnc2CCCCCCCCC(=O)O)cc1. The molecule has 0 aliphatic heterocycles. The van der Waals surface area contributed by atoms with Gasteiger partial charge in [0.2, 0.25) is 0 Å². The van der Waals surface area contributed by atoms with E-state index in [2.05, 4.69) is 60.0 Å². The van der Waals surface area contributed by atoms with Gasteiger partial charge in [-0.2, -0.15) is 0 Å². The molecule has 3 rings (SSSR count). The van der Waals surface area contributed by atoms with Crippen molar-refractivity contribution in [2.75, 3.05) is 0 Å². The molecule has 29 heavy (non-hydrogen) atoms. The number of aliphatic carboxylic acids is 1. The molecule has 152 valence electrons. The number of aromatic nitrogens is 2. The highest BCUT2D eigenvalue weighted by Crippen LogP contribution is 2.26. The zero-order valence-corrected chi connectivity index (χ0v) is 17.2. The van der Waals surface area contributed by atoms with E-state index in [1.54, 1.807) is 0 Å². The van der Waals surface area contributed by atoms with Crippen molar-refractivity contribution in [1.82, 2.24) is 9.55 Å². The minimum absolute atomic E-state index is 0.288. The average molecular weight is 391 g/mol. The van der Waals surface area contributed by atoms with Gasteiger partial charge < -0.3 is 5.11 Å². The zero-order chi connectivity index (χ0) is 20.5. The summed E-state index contributed by atoms with van der Waals surface area (Å²) in [4.78, 5) is 15.3. The van der Waals surface area contributed by atoms with E-state index < -0.39 is 5.97 Å². The van der Waals surface area contributed by atoms with Crippen molar-refractivity contribution >= 4 is 5.97 Å². The molecule has 0 aliphatic rings. The fourth-order valence-electron chi connectivity index (χ4n) is 3.63. The van der Waals surface area contributed by atoms with Crippen molar-refractivity contribution in [3.8, 4) is 16.9 Å². The minimum atomic E-state index is -0.692. The first-order valence-electron chi connectivity index (χ1n) is 10.6. The predicted octanol–water partition coefficient (Wildman–Crippen LogP) is 6.21. The van der Waals surface area contributed by atoms with E-state index >= 15 is 0 Å². The van der Waals surface area contributed by atoms with Crippen molar-refractivity contribution < 1.29 is 9.90 Å². The van der Waals surface area contributed by atoms with Gasteiger partial charge in [0.05, 0.1) is 11.9 Å². The van der Waals surface area contributed by atoms with Crippen LogP contribution >= 0.6 is 0 Å². The Kier molecular flexibility index (Phi) is 7.62. The summed E-state index contributed by atoms with van der Waals surface area (Å²) in [5.41, 5.74) is 4.69. The summed E-state index contributed by atoms with van der Waals surface area (Å²) in [6.45, 7) is 2.10. The second-order valence-electron chi connectivity index (χ2n) is 7.61. The maximum absolute atomic E-state index is 10.6. The first-order valence-corrected chi connectivity index (χ1v) is 10.6. The van der Waals surface area contributed by atoms with E-state index in [1.165, 1.54) is 11.1 Å². The van der Waals surface area contributed by atoms with Gasteiger partial charge in [0, 0.05) is 24.1 Å². The fraction of sp³-hybridized carbons (Fsp3) is 0.360. The highest BCUT2D eigenvalue weighted by molar-refractivity contribution is 5.66. The second kappa shape index (κ2) is 10.6. The lowest BCUT2D eigenvalue weighted by molar-refractivity contribution is -0.137. The summed E-state index contributed by atoms with van der Waals surface area (Å²) in [5.74, 6) is 0.403. The van der Waals surface area contributed by atoms with Gasteiger partial charge in [-0.1, -0.05) is 73.7 Å². The average Bonchev–Trinajstić information content (AvgIpc) is 3.15. The number of carboxylic acid groups (broad SMARTS) is 1. The smallest absolute Gasteiger partial charge is 0.303 e. The van der Waals surface area contributed by atoms with Gasteiger partial charge in [0.25, 0.3) is 0 Å². The van der Waals surface area contributed by atoms with E-state index in [-0.39, 0.29) is 6.42 Å². The second-order valence-corrected chi connectivity index (χ2v) is 7.61. The number of rotatable bonds is 11. The number of hydrogen-bond acceptors (Lipinski definition) is 2. The molecule has 0 aliphatic carbocycles. The Morgan fingerprint density at radius 3 is 2.24 bits per heavy atom. The van der Waals surface area contributed by atoms with Crippen LogP contribution in [-0.4, -0.2) is 20.6 Å². The van der Waals surface area contributed by atoms with Crippen molar-refractivity contribution in [3.63, 3.8) is 0 Å². The molecule has 0 unspecified atom stereocenters. The molecule has 4 nitrogen and oxygen atoms in total. The van der Waals surface area contributed by atoms with E-state index in [4.69, 9.17) is 10.1 Å². The maximum atomic E-state index is 10.6. The van der Waals surface area contributed by atoms with Crippen LogP contribution in [0.15, 0.2) is 60.8 Å². The predicted molar refractivity (Wildman–Crippen MR) is 117 cm³/mol. The third kappa shape index (κ3) is 6.05. The Labute approximate surface area is 173 Å². The number of imidazole rings is 1. The molecule has 1 heterocycles. The van der Waals surface area contributed by atoms with Crippen molar-refractivity contribution in [2.24, 2.45) is 0 Å². The Morgan fingerprint density at radius 1 is 0.897 bits per heavy atom. The lowest BCUT2D eigenvalue weighted by Crippen LogP contribution is -2.03. The number of hydrogen-bond donors (Lipinski definition) is 1. The van der Waals surface area contributed by atoms with E-state index in [0.29, 0.717) is 0 Å². The molecule has 3 aromatic rings. The van der Waals surface area contributed by atoms with Crippen LogP contribution in [0.1, 0.15) is 56.3 Å². The van der Waals surface area contributed by atoms with Crippen LogP contribution in [0.5, 0.6) is 0 Å². The molecule has 0 spiro atoms. The first-order chi connectivity index (χ1) is 14.1. The molecule has 2 aromatic carbocycles. The summed E-state index contributed by atoms with van der Waals surface area (Å²) in [6.07, 6.45) is 9.49. The minimum Gasteiger partial charge on any atom is -0.481 e. The maximum Gasteiger partial charge on any atom is 0.303 e. The Morgan fingerprint density at radius 2 is 1.55 bits per heavy atom. The molecule has 4 heteroatoms. The summed E-state index contributed by atoms with van der Waals surface area (Å²) in [6, 6.07) is 19.0. The summed E-state index contributed by atoms with van der Waals surface area (Å²) in [5, 5.41) is 8.69. The van der Waals surface area contributed by atoms with E-state index in [0.717, 1.165) is 62.2 Å². The molecule has 1 aromatic heterocycles. The van der Waals surface area contributed by atoms with Gasteiger partial charge in [-0.3, -0.25) is 9.36 Å². The van der Waals surface area contributed by atoms with Crippen LogP contribution in [0.2, 0.25) is 0 Å². The molecule has 0 bridgehead atoms. The molecule has 0 saturated carbocycles. The number of nitrogens with zero attached hydrogens (tertiary/aromatic N) is 2. The summed E-state index contributed by atoms with van der Waals surface area (Å²) >= 11 is 0. The molecule has 0 fully saturated rings. The third-order valence-electron chi connectivity index (χ3n) is 5.24. The van der Waals surface area contributed by atoms with Gasteiger partial charge in [-0.05, 0) is 31.9 Å². The van der Waals surface area contributed by atoms with E-state index in [1.807, 2.05) is 12.3 Å². The van der Waals surface area contributed by atoms with Gasteiger partial charge in [-0.25, -0.2) is 4.98 Å². The molecule has 1 N–H and O–H groups in total. The monoisotopic (exact) mass is 390 g/mol.